The highest BCUT2D eigenvalue weighted by Crippen LogP contribution is 2.26. The highest BCUT2D eigenvalue weighted by molar-refractivity contribution is 9.10. The van der Waals surface area contributed by atoms with Crippen molar-refractivity contribution in [3.8, 4) is 5.75 Å². The number of aromatic carboxylic acids is 1. The van der Waals surface area contributed by atoms with E-state index in [9.17, 15) is 4.79 Å². The minimum Gasteiger partial charge on any atom is -0.493 e. The topological polar surface area (TPSA) is 46.5 Å². The predicted octanol–water partition coefficient (Wildman–Crippen LogP) is 4.11. The molecule has 0 aliphatic heterocycles. The molecular weight excluding hydrogens is 296 g/mol. The van der Waals surface area contributed by atoms with E-state index in [0.717, 1.165) is 0 Å². The fraction of sp³-hybridized carbons (Fsp3) is 0.500. The molecule has 1 aliphatic carbocycles. The summed E-state index contributed by atoms with van der Waals surface area (Å²) in [6.07, 6.45) is 6.35. The van der Waals surface area contributed by atoms with E-state index >= 15 is 0 Å². The van der Waals surface area contributed by atoms with E-state index < -0.39 is 5.97 Å². The summed E-state index contributed by atoms with van der Waals surface area (Å²) in [5, 5.41) is 9.02. The Bertz CT molecular complexity index is 425. The molecule has 3 nitrogen and oxygen atoms in total. The minimum atomic E-state index is -0.940. The van der Waals surface area contributed by atoms with Crippen LogP contribution in [-0.4, -0.2) is 17.7 Å². The molecule has 18 heavy (non-hydrogen) atoms. The molecule has 0 radical (unpaired) electrons. The monoisotopic (exact) mass is 312 g/mol. The van der Waals surface area contributed by atoms with E-state index in [2.05, 4.69) is 15.9 Å². The molecule has 0 amide bonds. The summed E-state index contributed by atoms with van der Waals surface area (Å²) < 4.78 is 6.29. The van der Waals surface area contributed by atoms with Crippen LogP contribution in [0.3, 0.4) is 0 Å². The molecule has 0 aromatic heterocycles. The predicted molar refractivity (Wildman–Crippen MR) is 73.2 cm³/mol. The second-order valence-corrected chi connectivity index (χ2v) is 5.62. The third-order valence-corrected chi connectivity index (χ3v) is 4.07. The fourth-order valence-corrected chi connectivity index (χ4v) is 2.74. The van der Waals surface area contributed by atoms with Crippen LogP contribution in [0, 0.1) is 5.92 Å². The lowest BCUT2D eigenvalue weighted by Gasteiger charge is -2.21. The Morgan fingerprint density at radius 2 is 2.06 bits per heavy atom. The molecule has 1 aromatic rings. The molecule has 0 bridgehead atoms. The van der Waals surface area contributed by atoms with Crippen LogP contribution in [0.15, 0.2) is 22.7 Å². The van der Waals surface area contributed by atoms with E-state index in [1.807, 2.05) is 0 Å². The molecule has 0 heterocycles. The van der Waals surface area contributed by atoms with Gasteiger partial charge in [-0.25, -0.2) is 4.79 Å². The number of rotatable bonds is 4. The van der Waals surface area contributed by atoms with Crippen LogP contribution in [0.5, 0.6) is 5.75 Å². The molecule has 1 saturated carbocycles. The van der Waals surface area contributed by atoms with E-state index in [0.29, 0.717) is 22.7 Å². The third kappa shape index (κ3) is 3.48. The molecule has 1 fully saturated rings. The normalized spacial score (nSPS) is 16.5. The zero-order chi connectivity index (χ0) is 13.0. The lowest BCUT2D eigenvalue weighted by atomic mass is 9.90. The molecule has 0 unspecified atom stereocenters. The maximum atomic E-state index is 11.0. The summed E-state index contributed by atoms with van der Waals surface area (Å²) in [6.45, 7) is 0.695. The molecule has 1 aliphatic rings. The standard InChI is InChI=1S/C14H17BrO3/c15-13-7-6-11(8-12(13)14(16)17)18-9-10-4-2-1-3-5-10/h6-8,10H,1-5,9H2,(H,16,17). The molecule has 98 valence electrons. The molecule has 0 atom stereocenters. The van der Waals surface area contributed by atoms with Crippen LogP contribution in [0.2, 0.25) is 0 Å². The van der Waals surface area contributed by atoms with Crippen LogP contribution < -0.4 is 4.74 Å². The average Bonchev–Trinajstić information content (AvgIpc) is 2.38. The van der Waals surface area contributed by atoms with Crippen molar-refractivity contribution in [3.63, 3.8) is 0 Å². The summed E-state index contributed by atoms with van der Waals surface area (Å²) in [5.74, 6) is 0.321. The summed E-state index contributed by atoms with van der Waals surface area (Å²) in [6, 6.07) is 5.11. The Morgan fingerprint density at radius 3 is 2.72 bits per heavy atom. The molecule has 0 saturated heterocycles. The minimum absolute atomic E-state index is 0.246. The number of halogens is 1. The number of ether oxygens (including phenoxy) is 1. The Labute approximate surface area is 115 Å². The number of carbonyl (C=O) groups is 1. The largest absolute Gasteiger partial charge is 0.493 e. The van der Waals surface area contributed by atoms with Crippen LogP contribution in [0.1, 0.15) is 42.5 Å². The SMILES string of the molecule is O=C(O)c1cc(OCC2CCCCC2)ccc1Br. The number of carboxylic acids is 1. The van der Waals surface area contributed by atoms with Gasteiger partial charge < -0.3 is 9.84 Å². The van der Waals surface area contributed by atoms with Gasteiger partial charge in [-0.1, -0.05) is 19.3 Å². The first kappa shape index (κ1) is 13.4. The van der Waals surface area contributed by atoms with Gasteiger partial charge in [-0.05, 0) is 52.9 Å². The summed E-state index contributed by atoms with van der Waals surface area (Å²) in [7, 11) is 0. The zero-order valence-corrected chi connectivity index (χ0v) is 11.8. The van der Waals surface area contributed by atoms with E-state index in [-0.39, 0.29) is 5.56 Å². The average molecular weight is 313 g/mol. The first-order valence-corrected chi connectivity index (χ1v) is 7.12. The smallest absolute Gasteiger partial charge is 0.336 e. The Balaban J connectivity index is 1.96. The van der Waals surface area contributed by atoms with Gasteiger partial charge in [0.2, 0.25) is 0 Å². The van der Waals surface area contributed by atoms with E-state index in [1.54, 1.807) is 18.2 Å². The summed E-state index contributed by atoms with van der Waals surface area (Å²) >= 11 is 3.22. The van der Waals surface area contributed by atoms with Crippen molar-refractivity contribution in [1.82, 2.24) is 0 Å². The van der Waals surface area contributed by atoms with Crippen molar-refractivity contribution in [2.45, 2.75) is 32.1 Å². The summed E-state index contributed by atoms with van der Waals surface area (Å²) in [5.41, 5.74) is 0.246. The number of benzene rings is 1. The molecule has 0 spiro atoms. The molecule has 4 heteroatoms. The second kappa shape index (κ2) is 6.23. The Morgan fingerprint density at radius 1 is 1.33 bits per heavy atom. The fourth-order valence-electron chi connectivity index (χ4n) is 2.33. The number of hydrogen-bond donors (Lipinski definition) is 1. The van der Waals surface area contributed by atoms with E-state index in [4.69, 9.17) is 9.84 Å². The van der Waals surface area contributed by atoms with Crippen molar-refractivity contribution >= 4 is 21.9 Å². The first-order chi connectivity index (χ1) is 8.66. The number of hydrogen-bond acceptors (Lipinski definition) is 2. The van der Waals surface area contributed by atoms with Crippen molar-refractivity contribution in [3.05, 3.63) is 28.2 Å². The Hall–Kier alpha value is -1.03. The third-order valence-electron chi connectivity index (χ3n) is 3.38. The van der Waals surface area contributed by atoms with Gasteiger partial charge in [-0.3, -0.25) is 0 Å². The van der Waals surface area contributed by atoms with Crippen LogP contribution in [-0.2, 0) is 0 Å². The zero-order valence-electron chi connectivity index (χ0n) is 10.2. The van der Waals surface area contributed by atoms with Gasteiger partial charge >= 0.3 is 5.97 Å². The maximum Gasteiger partial charge on any atom is 0.336 e. The van der Waals surface area contributed by atoms with Gasteiger partial charge in [0.1, 0.15) is 5.75 Å². The molecule has 1 N–H and O–H groups in total. The van der Waals surface area contributed by atoms with Gasteiger partial charge in [0.25, 0.3) is 0 Å². The van der Waals surface area contributed by atoms with Crippen LogP contribution in [0.25, 0.3) is 0 Å². The molecule has 2 rings (SSSR count). The van der Waals surface area contributed by atoms with Crippen molar-refractivity contribution < 1.29 is 14.6 Å². The van der Waals surface area contributed by atoms with Crippen molar-refractivity contribution in [1.29, 1.82) is 0 Å². The molecular formula is C14H17BrO3. The van der Waals surface area contributed by atoms with Gasteiger partial charge in [0, 0.05) is 4.47 Å². The quantitative estimate of drug-likeness (QED) is 0.910. The van der Waals surface area contributed by atoms with Crippen molar-refractivity contribution in [2.75, 3.05) is 6.61 Å². The maximum absolute atomic E-state index is 11.0. The summed E-state index contributed by atoms with van der Waals surface area (Å²) in [4.78, 5) is 11.0. The first-order valence-electron chi connectivity index (χ1n) is 6.32. The van der Waals surface area contributed by atoms with Crippen molar-refractivity contribution in [2.24, 2.45) is 5.92 Å². The lowest BCUT2D eigenvalue weighted by molar-refractivity contribution is 0.0695. The van der Waals surface area contributed by atoms with Gasteiger partial charge in [0.05, 0.1) is 12.2 Å². The molecule has 1 aromatic carbocycles. The van der Waals surface area contributed by atoms with E-state index in [1.165, 1.54) is 32.1 Å². The Kier molecular flexibility index (Phi) is 4.64. The lowest BCUT2D eigenvalue weighted by Crippen LogP contribution is -2.15. The van der Waals surface area contributed by atoms with Crippen LogP contribution in [0.4, 0.5) is 0 Å². The van der Waals surface area contributed by atoms with Gasteiger partial charge in [0.15, 0.2) is 0 Å². The second-order valence-electron chi connectivity index (χ2n) is 4.76. The highest BCUT2D eigenvalue weighted by atomic mass is 79.9. The number of carboxylic acid groups (broad SMARTS) is 1. The van der Waals surface area contributed by atoms with Crippen LogP contribution >= 0.6 is 15.9 Å². The van der Waals surface area contributed by atoms with Gasteiger partial charge in [-0.2, -0.15) is 0 Å². The van der Waals surface area contributed by atoms with Gasteiger partial charge in [-0.15, -0.1) is 0 Å². The highest BCUT2D eigenvalue weighted by Gasteiger charge is 2.15.